The van der Waals surface area contributed by atoms with E-state index in [9.17, 15) is 20.1 Å². The van der Waals surface area contributed by atoms with Gasteiger partial charge in [0, 0.05) is 0 Å². The number of hydrogen-bond donors (Lipinski definition) is 4. The first kappa shape index (κ1) is 36.4. The predicted octanol–water partition coefficient (Wildman–Crippen LogP) is 7.98. The van der Waals surface area contributed by atoms with Crippen molar-refractivity contribution in [1.29, 1.82) is 0 Å². The number of carbonyl (C=O) groups is 1. The highest BCUT2D eigenvalue weighted by atomic mass is 16.3. The molecule has 0 aromatic rings. The topological polar surface area (TPSA) is 89.8 Å². The summed E-state index contributed by atoms with van der Waals surface area (Å²) in [5.74, 6) is -0.473. The van der Waals surface area contributed by atoms with Crippen molar-refractivity contribution in [1.82, 2.24) is 5.32 Å². The van der Waals surface area contributed by atoms with E-state index in [1.807, 2.05) is 0 Å². The summed E-state index contributed by atoms with van der Waals surface area (Å²) >= 11 is 0. The second-order valence-corrected chi connectivity index (χ2v) is 11.4. The molecule has 5 heteroatoms. The summed E-state index contributed by atoms with van der Waals surface area (Å²) in [5, 5.41) is 32.9. The van der Waals surface area contributed by atoms with E-state index in [2.05, 4.69) is 19.2 Å². The maximum atomic E-state index is 12.3. The lowest BCUT2D eigenvalue weighted by Crippen LogP contribution is -2.49. The van der Waals surface area contributed by atoms with Gasteiger partial charge in [0.1, 0.15) is 6.10 Å². The normalized spacial score (nSPS) is 14.0. The molecule has 0 heterocycles. The van der Waals surface area contributed by atoms with Gasteiger partial charge in [-0.3, -0.25) is 4.79 Å². The molecule has 0 aromatic heterocycles. The van der Waals surface area contributed by atoms with Crippen LogP contribution in [0.3, 0.4) is 0 Å². The Morgan fingerprint density at radius 1 is 0.541 bits per heavy atom. The summed E-state index contributed by atoms with van der Waals surface area (Å²) in [6, 6.07) is -0.702. The number of aliphatic hydroxyl groups is 3. The molecule has 0 rings (SSSR count). The number of aliphatic hydroxyl groups excluding tert-OH is 3. The minimum Gasteiger partial charge on any atom is -0.394 e. The Labute approximate surface area is 230 Å². The van der Waals surface area contributed by atoms with Gasteiger partial charge < -0.3 is 20.6 Å². The third-order valence-corrected chi connectivity index (χ3v) is 7.73. The highest BCUT2D eigenvalue weighted by Crippen LogP contribution is 2.15. The lowest BCUT2D eigenvalue weighted by molar-refractivity contribution is -0.131. The Kier molecular flexibility index (Phi) is 27.9. The fraction of sp³-hybridized carbons (Fsp3) is 0.969. The van der Waals surface area contributed by atoms with Crippen LogP contribution >= 0.6 is 0 Å². The average Bonchev–Trinajstić information content (AvgIpc) is 2.90. The molecule has 0 radical (unpaired) electrons. The van der Waals surface area contributed by atoms with Crippen LogP contribution in [-0.4, -0.2) is 46.1 Å². The van der Waals surface area contributed by atoms with E-state index >= 15 is 0 Å². The van der Waals surface area contributed by atoms with Crippen molar-refractivity contribution in [2.45, 2.75) is 193 Å². The summed E-state index contributed by atoms with van der Waals surface area (Å²) in [6.45, 7) is 4.19. The molecule has 5 nitrogen and oxygen atoms in total. The summed E-state index contributed by atoms with van der Waals surface area (Å²) in [4.78, 5) is 12.3. The molecule has 0 aromatic carbocycles. The van der Waals surface area contributed by atoms with Crippen LogP contribution in [0.1, 0.15) is 174 Å². The molecule has 37 heavy (non-hydrogen) atoms. The molecule has 0 fully saturated rings. The maximum absolute atomic E-state index is 12.3. The summed E-state index contributed by atoms with van der Waals surface area (Å²) < 4.78 is 0. The summed E-state index contributed by atoms with van der Waals surface area (Å²) in [5.41, 5.74) is 0. The minimum atomic E-state index is -1.06. The van der Waals surface area contributed by atoms with Crippen molar-refractivity contribution in [2.75, 3.05) is 6.61 Å². The smallest absolute Gasteiger partial charge is 0.249 e. The Balaban J connectivity index is 3.71. The van der Waals surface area contributed by atoms with Crippen LogP contribution in [0.2, 0.25) is 0 Å². The number of carbonyl (C=O) groups excluding carboxylic acids is 1. The lowest BCUT2D eigenvalue weighted by Gasteiger charge is -2.23. The summed E-state index contributed by atoms with van der Waals surface area (Å²) in [6.07, 6.45) is 27.9. The lowest BCUT2D eigenvalue weighted by atomic mass is 10.0. The van der Waals surface area contributed by atoms with Gasteiger partial charge >= 0.3 is 0 Å². The fourth-order valence-electron chi connectivity index (χ4n) is 5.07. The molecule has 0 aliphatic rings. The number of amides is 1. The van der Waals surface area contributed by atoms with Gasteiger partial charge in [0.05, 0.1) is 18.8 Å². The standard InChI is InChI=1S/C32H65NO4/c1-3-5-7-9-11-13-15-16-17-19-20-22-24-26-30(35)29(28-34)33-32(37)31(36)27-25-23-21-18-14-12-10-8-6-4-2/h29-31,34-36H,3-28H2,1-2H3,(H,33,37). The molecule has 0 aliphatic heterocycles. The number of hydrogen-bond acceptors (Lipinski definition) is 4. The molecule has 4 N–H and O–H groups in total. The van der Waals surface area contributed by atoms with E-state index in [-0.39, 0.29) is 6.61 Å². The van der Waals surface area contributed by atoms with Crippen molar-refractivity contribution in [3.05, 3.63) is 0 Å². The highest BCUT2D eigenvalue weighted by Gasteiger charge is 2.23. The molecular formula is C32H65NO4. The largest absolute Gasteiger partial charge is 0.394 e. The zero-order chi connectivity index (χ0) is 27.4. The zero-order valence-corrected chi connectivity index (χ0v) is 24.9. The fourth-order valence-corrected chi connectivity index (χ4v) is 5.07. The number of unbranched alkanes of at least 4 members (excludes halogenated alkanes) is 21. The van der Waals surface area contributed by atoms with Gasteiger partial charge in [0.2, 0.25) is 5.91 Å². The van der Waals surface area contributed by atoms with Gasteiger partial charge in [-0.25, -0.2) is 0 Å². The van der Waals surface area contributed by atoms with E-state index in [4.69, 9.17) is 0 Å². The Hall–Kier alpha value is -0.650. The Bertz CT molecular complexity index is 474. The first-order valence-corrected chi connectivity index (χ1v) is 16.3. The van der Waals surface area contributed by atoms with Gasteiger partial charge in [-0.05, 0) is 12.8 Å². The van der Waals surface area contributed by atoms with Crippen molar-refractivity contribution in [3.63, 3.8) is 0 Å². The monoisotopic (exact) mass is 527 g/mol. The molecule has 0 spiro atoms. The van der Waals surface area contributed by atoms with Crippen LogP contribution in [0.4, 0.5) is 0 Å². The highest BCUT2D eigenvalue weighted by molar-refractivity contribution is 5.80. The van der Waals surface area contributed by atoms with Crippen LogP contribution in [0.25, 0.3) is 0 Å². The van der Waals surface area contributed by atoms with E-state index in [1.165, 1.54) is 116 Å². The predicted molar refractivity (Wildman–Crippen MR) is 158 cm³/mol. The molecule has 3 atom stereocenters. The average molecular weight is 528 g/mol. The van der Waals surface area contributed by atoms with Crippen molar-refractivity contribution in [2.24, 2.45) is 0 Å². The van der Waals surface area contributed by atoms with Crippen LogP contribution < -0.4 is 5.32 Å². The van der Waals surface area contributed by atoms with Crippen LogP contribution in [0.15, 0.2) is 0 Å². The van der Waals surface area contributed by atoms with Gasteiger partial charge in [0.15, 0.2) is 0 Å². The molecule has 0 saturated heterocycles. The number of nitrogens with one attached hydrogen (secondary N) is 1. The van der Waals surface area contributed by atoms with E-state index < -0.39 is 24.2 Å². The van der Waals surface area contributed by atoms with Gasteiger partial charge in [-0.15, -0.1) is 0 Å². The minimum absolute atomic E-state index is 0.309. The van der Waals surface area contributed by atoms with E-state index in [1.54, 1.807) is 0 Å². The molecule has 222 valence electrons. The molecular weight excluding hydrogens is 462 g/mol. The number of rotatable bonds is 29. The van der Waals surface area contributed by atoms with E-state index in [0.717, 1.165) is 32.1 Å². The maximum Gasteiger partial charge on any atom is 0.249 e. The molecule has 0 aliphatic carbocycles. The van der Waals surface area contributed by atoms with Crippen molar-refractivity contribution in [3.8, 4) is 0 Å². The van der Waals surface area contributed by atoms with Gasteiger partial charge in [-0.1, -0.05) is 162 Å². The zero-order valence-electron chi connectivity index (χ0n) is 24.9. The van der Waals surface area contributed by atoms with Gasteiger partial charge in [0.25, 0.3) is 0 Å². The van der Waals surface area contributed by atoms with Crippen LogP contribution in [0.5, 0.6) is 0 Å². The Morgan fingerprint density at radius 2 is 0.865 bits per heavy atom. The quantitative estimate of drug-likeness (QED) is 0.0742. The molecule has 1 amide bonds. The third-order valence-electron chi connectivity index (χ3n) is 7.73. The SMILES string of the molecule is CCCCCCCCCCCCCCCC(O)C(CO)NC(=O)C(O)CCCCCCCCCCCC. The van der Waals surface area contributed by atoms with Gasteiger partial charge in [-0.2, -0.15) is 0 Å². The molecule has 0 saturated carbocycles. The second kappa shape index (κ2) is 28.4. The second-order valence-electron chi connectivity index (χ2n) is 11.4. The molecule has 0 bridgehead atoms. The van der Waals surface area contributed by atoms with Crippen molar-refractivity contribution >= 4 is 5.91 Å². The van der Waals surface area contributed by atoms with Crippen molar-refractivity contribution < 1.29 is 20.1 Å². The first-order valence-electron chi connectivity index (χ1n) is 16.3. The first-order chi connectivity index (χ1) is 18.1. The summed E-state index contributed by atoms with van der Waals surface area (Å²) in [7, 11) is 0. The molecule has 3 unspecified atom stereocenters. The Morgan fingerprint density at radius 3 is 1.22 bits per heavy atom. The van der Waals surface area contributed by atoms with Crippen LogP contribution in [0, 0.1) is 0 Å². The van der Waals surface area contributed by atoms with E-state index in [0.29, 0.717) is 12.8 Å². The van der Waals surface area contributed by atoms with Crippen LogP contribution in [-0.2, 0) is 4.79 Å². The third kappa shape index (κ3) is 24.1.